The van der Waals surface area contributed by atoms with Crippen LogP contribution >= 0.6 is 0 Å². The van der Waals surface area contributed by atoms with Crippen LogP contribution in [-0.2, 0) is 16.0 Å². The molecule has 0 spiro atoms. The topological polar surface area (TPSA) is 83.0 Å². The van der Waals surface area contributed by atoms with Crippen molar-refractivity contribution in [3.63, 3.8) is 0 Å². The fourth-order valence-corrected chi connectivity index (χ4v) is 3.72. The van der Waals surface area contributed by atoms with Crippen molar-refractivity contribution in [3.05, 3.63) is 90.0 Å². The average molecular weight is 540 g/mol. The molecule has 0 amide bonds. The van der Waals surface area contributed by atoms with E-state index in [9.17, 15) is 14.7 Å². The number of carboxylic acid groups (broad SMARTS) is 1. The summed E-state index contributed by atoms with van der Waals surface area (Å²) in [5, 5.41) is 14.4. The van der Waals surface area contributed by atoms with Gasteiger partial charge in [-0.3, -0.25) is 4.79 Å². The Morgan fingerprint density at radius 2 is 1.44 bits per heavy atom. The molecule has 4 N–H and O–H groups in total. The zero-order chi connectivity index (χ0) is 29.9. The minimum Gasteiger partial charge on any atom is -0.480 e. The number of ketones is 1. The third-order valence-corrected chi connectivity index (χ3v) is 5.94. The number of nitrogens with two attached hydrogens (primary N) is 1. The van der Waals surface area contributed by atoms with Crippen LogP contribution in [0.5, 0.6) is 0 Å². The molecule has 0 heterocycles. The Morgan fingerprint density at radius 3 is 1.90 bits per heavy atom. The highest BCUT2D eigenvalue weighted by Gasteiger charge is 2.17. The van der Waals surface area contributed by atoms with Crippen LogP contribution < -0.4 is 10.6 Å². The number of carbonyl (C=O) groups is 2. The predicted molar refractivity (Wildman–Crippen MR) is 168 cm³/mol. The lowest BCUT2D eigenvalue weighted by Crippen LogP contribution is -2.86. The Bertz CT molecular complexity index is 863. The number of anilines is 1. The van der Waals surface area contributed by atoms with E-state index >= 15 is 0 Å². The number of hydrogen-bond donors (Lipinski definition) is 3. The maximum Gasteiger partial charge on any atom is 0.326 e. The van der Waals surface area contributed by atoms with E-state index in [0.29, 0.717) is 13.0 Å². The summed E-state index contributed by atoms with van der Waals surface area (Å²) >= 11 is 0. The van der Waals surface area contributed by atoms with Gasteiger partial charge >= 0.3 is 5.97 Å². The minimum absolute atomic E-state index is 0.232. The molecule has 1 unspecified atom stereocenters. The normalized spacial score (nSPS) is 11.3. The molecule has 0 aliphatic carbocycles. The van der Waals surface area contributed by atoms with E-state index in [1.165, 1.54) is 19.3 Å². The molecule has 0 aromatic heterocycles. The van der Waals surface area contributed by atoms with Crippen molar-refractivity contribution in [1.82, 2.24) is 0 Å². The number of para-hydroxylation sites is 1. The van der Waals surface area contributed by atoms with Gasteiger partial charge in [-0.2, -0.15) is 0 Å². The Hall–Kier alpha value is -3.18. The van der Waals surface area contributed by atoms with Crippen LogP contribution in [0.1, 0.15) is 80.2 Å². The Morgan fingerprint density at radius 1 is 0.897 bits per heavy atom. The molecule has 39 heavy (non-hydrogen) atoms. The Balaban J connectivity index is 0. The molecule has 5 nitrogen and oxygen atoms in total. The summed E-state index contributed by atoms with van der Waals surface area (Å²) in [6.07, 6.45) is 9.86. The van der Waals surface area contributed by atoms with Crippen LogP contribution in [0.4, 0.5) is 5.69 Å². The van der Waals surface area contributed by atoms with Crippen molar-refractivity contribution in [2.75, 3.05) is 18.4 Å². The van der Waals surface area contributed by atoms with Crippen molar-refractivity contribution in [3.8, 4) is 0 Å². The van der Waals surface area contributed by atoms with E-state index in [2.05, 4.69) is 24.5 Å². The SMILES string of the molecule is C/C=C\C(=C/C)C(=O)C[NH2+]CCC(CC)CC.CC.CC.O=C(O)C(Cc1ccccc1)Nc1ccccc1. The molecule has 2 aromatic rings. The molecule has 2 aromatic carbocycles. The van der Waals surface area contributed by atoms with Crippen molar-refractivity contribution in [2.24, 2.45) is 5.92 Å². The van der Waals surface area contributed by atoms with Gasteiger partial charge in [-0.05, 0) is 43.9 Å². The number of allylic oxidation sites excluding steroid dienone is 3. The fourth-order valence-electron chi connectivity index (χ4n) is 3.72. The first-order valence-electron chi connectivity index (χ1n) is 14.7. The second-order valence-corrected chi connectivity index (χ2v) is 8.51. The van der Waals surface area contributed by atoms with Crippen molar-refractivity contribution in [2.45, 2.75) is 87.1 Å². The summed E-state index contributed by atoms with van der Waals surface area (Å²) < 4.78 is 0. The molecule has 2 rings (SSSR count). The summed E-state index contributed by atoms with van der Waals surface area (Å²) in [6, 6.07) is 18.4. The highest BCUT2D eigenvalue weighted by molar-refractivity contribution is 5.98. The zero-order valence-corrected chi connectivity index (χ0v) is 25.7. The molecule has 0 aliphatic rings. The van der Waals surface area contributed by atoms with E-state index in [1.807, 2.05) is 120 Å². The van der Waals surface area contributed by atoms with E-state index < -0.39 is 12.0 Å². The molecule has 1 atom stereocenters. The van der Waals surface area contributed by atoms with Gasteiger partial charge in [0, 0.05) is 17.7 Å². The van der Waals surface area contributed by atoms with Gasteiger partial charge in [-0.1, -0.05) is 121 Å². The highest BCUT2D eigenvalue weighted by atomic mass is 16.4. The number of Topliss-reactive ketones (excluding diaryl/α,β-unsaturated/α-hetero) is 1. The van der Waals surface area contributed by atoms with Crippen LogP contribution in [0, 0.1) is 5.92 Å². The van der Waals surface area contributed by atoms with Crippen LogP contribution in [-0.4, -0.2) is 36.0 Å². The Kier molecular flexibility index (Phi) is 25.7. The summed E-state index contributed by atoms with van der Waals surface area (Å²) in [7, 11) is 0. The minimum atomic E-state index is -0.845. The van der Waals surface area contributed by atoms with E-state index in [1.54, 1.807) is 0 Å². The van der Waals surface area contributed by atoms with Gasteiger partial charge < -0.3 is 15.7 Å². The molecule has 0 radical (unpaired) electrons. The molecule has 0 saturated heterocycles. The summed E-state index contributed by atoms with van der Waals surface area (Å²) in [6.45, 7) is 18.0. The molecule has 0 aliphatic heterocycles. The summed E-state index contributed by atoms with van der Waals surface area (Å²) in [5.74, 6) is 0.205. The maximum atomic E-state index is 11.8. The van der Waals surface area contributed by atoms with E-state index in [0.717, 1.165) is 29.3 Å². The highest BCUT2D eigenvalue weighted by Crippen LogP contribution is 2.11. The Labute approximate surface area is 238 Å². The lowest BCUT2D eigenvalue weighted by atomic mass is 10.00. The van der Waals surface area contributed by atoms with Gasteiger partial charge in [0.25, 0.3) is 0 Å². The van der Waals surface area contributed by atoms with Gasteiger partial charge in [0.2, 0.25) is 5.78 Å². The second-order valence-electron chi connectivity index (χ2n) is 8.51. The molecular formula is C34H55N2O3+. The lowest BCUT2D eigenvalue weighted by Gasteiger charge is -2.15. The molecule has 0 saturated carbocycles. The van der Waals surface area contributed by atoms with Crippen LogP contribution in [0.15, 0.2) is 84.5 Å². The molecule has 218 valence electrons. The monoisotopic (exact) mass is 539 g/mol. The number of nitrogens with one attached hydrogen (secondary N) is 1. The maximum absolute atomic E-state index is 11.8. The van der Waals surface area contributed by atoms with Crippen molar-refractivity contribution in [1.29, 1.82) is 0 Å². The standard InChI is InChI=1S/C15H15NO2.C15H27NO.2C2H6/c17-15(18)14(11-12-7-3-1-4-8-12)16-13-9-5-2-6-10-13;1-5-9-14(8-4)15(17)12-16-11-10-13(6-2)7-3;2*1-2/h1-10,14,16H,11H2,(H,17,18);5,8-9,13,16H,6-7,10-12H2,1-4H3;2*1-2H3/p+1/b;9-5-,14-8+;;. The first-order valence-corrected chi connectivity index (χ1v) is 14.7. The van der Waals surface area contributed by atoms with E-state index in [4.69, 9.17) is 0 Å². The van der Waals surface area contributed by atoms with Gasteiger partial charge in [0.05, 0.1) is 6.54 Å². The zero-order valence-electron chi connectivity index (χ0n) is 25.7. The van der Waals surface area contributed by atoms with Gasteiger partial charge in [0.1, 0.15) is 12.6 Å². The number of carboxylic acids is 1. The second kappa shape index (κ2) is 26.4. The number of benzene rings is 2. The van der Waals surface area contributed by atoms with Crippen LogP contribution in [0.25, 0.3) is 0 Å². The number of hydrogen-bond acceptors (Lipinski definition) is 3. The van der Waals surface area contributed by atoms with Crippen molar-refractivity contribution >= 4 is 17.4 Å². The summed E-state index contributed by atoms with van der Waals surface area (Å²) in [5.41, 5.74) is 2.65. The fraction of sp³-hybridized carbons (Fsp3) is 0.471. The van der Waals surface area contributed by atoms with Gasteiger partial charge in [-0.15, -0.1) is 0 Å². The first-order chi connectivity index (χ1) is 18.9. The van der Waals surface area contributed by atoms with Crippen LogP contribution in [0.3, 0.4) is 0 Å². The number of rotatable bonds is 14. The van der Waals surface area contributed by atoms with Gasteiger partial charge in [-0.25, -0.2) is 4.79 Å². The number of aliphatic carboxylic acids is 1. The van der Waals surface area contributed by atoms with E-state index in [-0.39, 0.29) is 5.78 Å². The van der Waals surface area contributed by atoms with Crippen LogP contribution in [0.2, 0.25) is 0 Å². The number of quaternary nitrogens is 1. The largest absolute Gasteiger partial charge is 0.480 e. The summed E-state index contributed by atoms with van der Waals surface area (Å²) in [4.78, 5) is 23.0. The van der Waals surface area contributed by atoms with Gasteiger partial charge in [0.15, 0.2) is 0 Å². The number of carbonyl (C=O) groups excluding carboxylic acids is 1. The average Bonchev–Trinajstić information content (AvgIpc) is 2.99. The molecule has 5 heteroatoms. The molecule has 0 fully saturated rings. The third kappa shape index (κ3) is 18.7. The smallest absolute Gasteiger partial charge is 0.326 e. The third-order valence-electron chi connectivity index (χ3n) is 5.94. The molecule has 0 bridgehead atoms. The predicted octanol–water partition coefficient (Wildman–Crippen LogP) is 7.31. The first kappa shape index (κ1) is 38.0. The molecular weight excluding hydrogens is 484 g/mol. The lowest BCUT2D eigenvalue weighted by molar-refractivity contribution is -0.644. The quantitative estimate of drug-likeness (QED) is 0.133. The van der Waals surface area contributed by atoms with Crippen molar-refractivity contribution < 1.29 is 20.0 Å².